The molecule has 0 bridgehead atoms. The van der Waals surface area contributed by atoms with Crippen molar-refractivity contribution in [2.75, 3.05) is 32.6 Å². The third-order valence-corrected chi connectivity index (χ3v) is 6.39. The van der Waals surface area contributed by atoms with Crippen LogP contribution >= 0.6 is 0 Å². The van der Waals surface area contributed by atoms with Crippen LogP contribution in [0, 0.1) is 0 Å². The molecule has 2 N–H and O–H groups in total. The van der Waals surface area contributed by atoms with Gasteiger partial charge in [-0.1, -0.05) is 18.6 Å². The van der Waals surface area contributed by atoms with Gasteiger partial charge in [0.1, 0.15) is 11.6 Å². The van der Waals surface area contributed by atoms with Gasteiger partial charge in [0.25, 0.3) is 15.9 Å². The van der Waals surface area contributed by atoms with Gasteiger partial charge in [-0.05, 0) is 49.2 Å². The molecule has 0 saturated heterocycles. The van der Waals surface area contributed by atoms with E-state index in [1.807, 2.05) is 0 Å². The topological polar surface area (TPSA) is 117 Å². The second-order valence-corrected chi connectivity index (χ2v) is 9.44. The van der Waals surface area contributed by atoms with E-state index < -0.39 is 10.0 Å². The highest BCUT2D eigenvalue weighted by Gasteiger charge is 2.29. The minimum Gasteiger partial charge on any atom is -0.484 e. The van der Waals surface area contributed by atoms with Crippen molar-refractivity contribution in [2.45, 2.75) is 30.6 Å². The molecule has 2 aromatic carbocycles. The molecule has 10 heteroatoms. The molecule has 9 nitrogen and oxygen atoms in total. The van der Waals surface area contributed by atoms with Gasteiger partial charge in [0.2, 0.25) is 5.91 Å². The maximum atomic E-state index is 12.1. The van der Waals surface area contributed by atoms with Crippen molar-refractivity contribution in [1.82, 2.24) is 9.62 Å². The average molecular weight is 473 g/mol. The maximum absolute atomic E-state index is 12.1. The number of hydrogen-bond donors (Lipinski definition) is 2. The number of hydrogen-bond acceptors (Lipinski definition) is 6. The Morgan fingerprint density at radius 2 is 1.76 bits per heavy atom. The number of nitrogens with zero attached hydrogens (tertiary/aromatic N) is 2. The van der Waals surface area contributed by atoms with Crippen LogP contribution in [0.2, 0.25) is 0 Å². The number of benzene rings is 2. The molecular formula is C23H28N4O5S. The van der Waals surface area contributed by atoms with E-state index in [1.54, 1.807) is 62.6 Å². The second kappa shape index (κ2) is 11.0. The Labute approximate surface area is 193 Å². The first-order valence-electron chi connectivity index (χ1n) is 10.7. The fraction of sp³-hybridized carbons (Fsp3) is 0.348. The van der Waals surface area contributed by atoms with Gasteiger partial charge in [-0.15, -0.1) is 0 Å². The summed E-state index contributed by atoms with van der Waals surface area (Å²) in [5.74, 6) is 0.710. The van der Waals surface area contributed by atoms with Crippen LogP contribution in [0.1, 0.15) is 31.2 Å². The Balaban J connectivity index is 1.35. The zero-order valence-corrected chi connectivity index (χ0v) is 19.5. The molecule has 0 spiro atoms. The summed E-state index contributed by atoms with van der Waals surface area (Å²) in [4.78, 5) is 29.8. The summed E-state index contributed by atoms with van der Waals surface area (Å²) in [6, 6.07) is 13.6. The normalized spacial score (nSPS) is 14.9. The van der Waals surface area contributed by atoms with E-state index in [-0.39, 0.29) is 23.3 Å². The molecule has 1 heterocycles. The molecule has 0 fully saturated rings. The maximum Gasteiger partial charge on any atom is 0.263 e. The van der Waals surface area contributed by atoms with Crippen LogP contribution < -0.4 is 14.8 Å². The zero-order chi connectivity index (χ0) is 23.8. The summed E-state index contributed by atoms with van der Waals surface area (Å²) in [6.45, 7) is 0.439. The molecule has 3 rings (SSSR count). The molecule has 0 saturated carbocycles. The quantitative estimate of drug-likeness (QED) is 0.515. The van der Waals surface area contributed by atoms with E-state index in [0.717, 1.165) is 12.8 Å². The Kier molecular flexibility index (Phi) is 8.05. The van der Waals surface area contributed by atoms with Crippen LogP contribution in [0.3, 0.4) is 0 Å². The van der Waals surface area contributed by atoms with Crippen LogP contribution in [-0.4, -0.2) is 58.2 Å². The van der Waals surface area contributed by atoms with Crippen molar-refractivity contribution in [1.29, 1.82) is 0 Å². The summed E-state index contributed by atoms with van der Waals surface area (Å²) in [5.41, 5.74) is 1.25. The number of fused-ring (bicyclic) bond motifs is 1. The lowest BCUT2D eigenvalue weighted by Crippen LogP contribution is -2.27. The SMILES string of the molecule is CN(C)C(=O)COc1ccc(NC(=O)CCCCCN=C2NS(=O)(=O)c3ccccc32)cc1. The van der Waals surface area contributed by atoms with Crippen molar-refractivity contribution in [3.63, 3.8) is 0 Å². The van der Waals surface area contributed by atoms with Crippen LogP contribution in [0.4, 0.5) is 5.69 Å². The molecule has 176 valence electrons. The van der Waals surface area contributed by atoms with Crippen molar-refractivity contribution < 1.29 is 22.7 Å². The summed E-state index contributed by atoms with van der Waals surface area (Å²) < 4.78 is 32.0. The smallest absolute Gasteiger partial charge is 0.263 e. The largest absolute Gasteiger partial charge is 0.484 e. The molecule has 0 radical (unpaired) electrons. The number of nitrogens with one attached hydrogen (secondary N) is 2. The Bertz CT molecular complexity index is 1130. The number of likely N-dealkylation sites (N-methyl/N-ethyl adjacent to an activating group) is 1. The number of carbonyl (C=O) groups is 2. The van der Waals surface area contributed by atoms with Crippen LogP contribution in [0.5, 0.6) is 5.75 Å². The van der Waals surface area contributed by atoms with E-state index in [1.165, 1.54) is 4.90 Å². The third kappa shape index (κ3) is 6.79. The molecule has 2 amide bonds. The standard InChI is InChI=1S/C23H28N4O5S/c1-27(2)22(29)16-32-18-13-11-17(12-14-18)25-21(28)10-4-3-7-15-24-23-19-8-5-6-9-20(19)33(30,31)26-23/h5-6,8-9,11-14H,3-4,7,10,15-16H2,1-2H3,(H,24,26)(H,25,28). The van der Waals surface area contributed by atoms with Crippen molar-refractivity contribution in [3.05, 3.63) is 54.1 Å². The highest BCUT2D eigenvalue weighted by molar-refractivity contribution is 7.90. The second-order valence-electron chi connectivity index (χ2n) is 7.79. The lowest BCUT2D eigenvalue weighted by atomic mass is 10.1. The van der Waals surface area contributed by atoms with Gasteiger partial charge >= 0.3 is 0 Å². The first-order chi connectivity index (χ1) is 15.8. The van der Waals surface area contributed by atoms with Gasteiger partial charge in [-0.25, -0.2) is 8.42 Å². The van der Waals surface area contributed by atoms with Gasteiger partial charge in [-0.2, -0.15) is 0 Å². The first kappa shape index (κ1) is 24.2. The predicted molar refractivity (Wildman–Crippen MR) is 126 cm³/mol. The fourth-order valence-electron chi connectivity index (χ4n) is 3.15. The lowest BCUT2D eigenvalue weighted by Gasteiger charge is -2.11. The zero-order valence-electron chi connectivity index (χ0n) is 18.7. The number of aliphatic imine (C=N–C) groups is 1. The number of sulfonamides is 1. The van der Waals surface area contributed by atoms with E-state index in [2.05, 4.69) is 15.0 Å². The summed E-state index contributed by atoms with van der Waals surface area (Å²) in [6.07, 6.45) is 2.62. The molecule has 33 heavy (non-hydrogen) atoms. The van der Waals surface area contributed by atoms with E-state index in [4.69, 9.17) is 4.74 Å². The number of rotatable bonds is 10. The predicted octanol–water partition coefficient (Wildman–Crippen LogP) is 2.39. The van der Waals surface area contributed by atoms with Crippen LogP contribution in [-0.2, 0) is 19.6 Å². The highest BCUT2D eigenvalue weighted by Crippen LogP contribution is 2.22. The molecule has 0 atom stereocenters. The van der Waals surface area contributed by atoms with Crippen molar-refractivity contribution in [2.24, 2.45) is 4.99 Å². The van der Waals surface area contributed by atoms with Crippen LogP contribution in [0.15, 0.2) is 58.4 Å². The van der Waals surface area contributed by atoms with Gasteiger partial charge in [0.15, 0.2) is 6.61 Å². The number of amidine groups is 1. The number of carbonyl (C=O) groups excluding carboxylic acids is 2. The monoisotopic (exact) mass is 472 g/mol. The number of anilines is 1. The van der Waals surface area contributed by atoms with Crippen LogP contribution in [0.25, 0.3) is 0 Å². The molecule has 0 unspecified atom stereocenters. The summed E-state index contributed by atoms with van der Waals surface area (Å²) >= 11 is 0. The molecule has 2 aromatic rings. The molecule has 0 aromatic heterocycles. The summed E-state index contributed by atoms with van der Waals surface area (Å²) in [5, 5.41) is 2.83. The average Bonchev–Trinajstić information content (AvgIpc) is 3.05. The first-order valence-corrected chi connectivity index (χ1v) is 12.1. The fourth-order valence-corrected chi connectivity index (χ4v) is 4.40. The van der Waals surface area contributed by atoms with E-state index in [9.17, 15) is 18.0 Å². The number of amides is 2. The Morgan fingerprint density at radius 1 is 1.03 bits per heavy atom. The van der Waals surface area contributed by atoms with Gasteiger partial charge in [0.05, 0.1) is 4.90 Å². The lowest BCUT2D eigenvalue weighted by molar-refractivity contribution is -0.130. The third-order valence-electron chi connectivity index (χ3n) is 4.99. The van der Waals surface area contributed by atoms with Gasteiger partial charge in [-0.3, -0.25) is 19.3 Å². The van der Waals surface area contributed by atoms with Gasteiger partial charge in [0, 0.05) is 38.3 Å². The molecule has 1 aliphatic heterocycles. The highest BCUT2D eigenvalue weighted by atomic mass is 32.2. The Hall–Kier alpha value is -3.40. The van der Waals surface area contributed by atoms with E-state index in [0.29, 0.717) is 42.2 Å². The molecular weight excluding hydrogens is 444 g/mol. The number of unbranched alkanes of at least 4 members (excludes halogenated alkanes) is 2. The molecule has 1 aliphatic rings. The van der Waals surface area contributed by atoms with Crippen molar-refractivity contribution in [3.8, 4) is 5.75 Å². The van der Waals surface area contributed by atoms with E-state index >= 15 is 0 Å². The Morgan fingerprint density at radius 3 is 2.48 bits per heavy atom. The minimum absolute atomic E-state index is 0.0391. The summed E-state index contributed by atoms with van der Waals surface area (Å²) in [7, 11) is -0.188. The molecule has 0 aliphatic carbocycles. The van der Waals surface area contributed by atoms with Crippen molar-refractivity contribution >= 4 is 33.4 Å². The number of ether oxygens (including phenoxy) is 1. The minimum atomic E-state index is -3.52. The van der Waals surface area contributed by atoms with Gasteiger partial charge < -0.3 is 15.0 Å².